The molecule has 10 heteroatoms. The Morgan fingerprint density at radius 3 is 2.68 bits per heavy atom. The summed E-state index contributed by atoms with van der Waals surface area (Å²) in [6.07, 6.45) is -4.77. The Morgan fingerprint density at radius 1 is 1.41 bits per heavy atom. The fraction of sp³-hybridized carbons (Fsp3) is 0.167. The average Bonchev–Trinajstić information content (AvgIpc) is 2.89. The zero-order valence-electron chi connectivity index (χ0n) is 11.0. The molecule has 0 atom stereocenters. The van der Waals surface area contributed by atoms with Crippen molar-refractivity contribution in [3.05, 3.63) is 50.0 Å². The van der Waals surface area contributed by atoms with Gasteiger partial charge in [0.2, 0.25) is 0 Å². The largest absolute Gasteiger partial charge is 0.434 e. The predicted molar refractivity (Wildman–Crippen MR) is 72.9 cm³/mol. The number of benzene rings is 1. The number of nitro groups is 1. The van der Waals surface area contributed by atoms with Gasteiger partial charge in [-0.1, -0.05) is 6.07 Å². The number of nitrogens with one attached hydrogen (secondary N) is 1. The Bertz CT molecular complexity index is 743. The van der Waals surface area contributed by atoms with Crippen LogP contribution in [0.25, 0.3) is 0 Å². The quantitative estimate of drug-likeness (QED) is 0.687. The summed E-state index contributed by atoms with van der Waals surface area (Å²) >= 11 is 0.508. The molecule has 0 aliphatic heterocycles. The molecule has 1 aromatic carbocycles. The van der Waals surface area contributed by atoms with Gasteiger partial charge in [-0.05, 0) is 18.6 Å². The second-order valence-corrected chi connectivity index (χ2v) is 5.11. The van der Waals surface area contributed by atoms with Crippen molar-refractivity contribution in [3.8, 4) is 0 Å². The number of thiazole rings is 1. The van der Waals surface area contributed by atoms with E-state index in [0.717, 1.165) is 5.51 Å². The van der Waals surface area contributed by atoms with Gasteiger partial charge in [-0.25, -0.2) is 4.98 Å². The normalized spacial score (nSPS) is 11.3. The Hall–Kier alpha value is -2.49. The van der Waals surface area contributed by atoms with Crippen LogP contribution < -0.4 is 5.32 Å². The number of amides is 1. The molecular weight excluding hydrogens is 323 g/mol. The van der Waals surface area contributed by atoms with Crippen LogP contribution in [-0.4, -0.2) is 15.8 Å². The first kappa shape index (κ1) is 15.9. The molecule has 2 aromatic rings. The fourth-order valence-corrected chi connectivity index (χ4v) is 2.39. The standard InChI is InChI=1S/C12H8F3N3O3S/c1-6-2-3-7(8(4-6)18(20)21)17-11(19)9-10(12(13,14)15)16-5-22-9/h2-5H,1H3,(H,17,19). The summed E-state index contributed by atoms with van der Waals surface area (Å²) in [5, 5.41) is 13.1. The van der Waals surface area contributed by atoms with Crippen LogP contribution in [0.1, 0.15) is 20.9 Å². The number of carbonyl (C=O) groups is 1. The zero-order valence-corrected chi connectivity index (χ0v) is 11.8. The average molecular weight is 331 g/mol. The molecule has 0 aliphatic rings. The monoisotopic (exact) mass is 331 g/mol. The van der Waals surface area contributed by atoms with E-state index in [9.17, 15) is 28.1 Å². The Labute approximate surface area is 125 Å². The molecule has 0 fully saturated rings. The molecule has 0 saturated carbocycles. The van der Waals surface area contributed by atoms with E-state index >= 15 is 0 Å². The number of nitrogens with zero attached hydrogens (tertiary/aromatic N) is 2. The summed E-state index contributed by atoms with van der Waals surface area (Å²) in [7, 11) is 0. The van der Waals surface area contributed by atoms with Gasteiger partial charge >= 0.3 is 6.18 Å². The summed E-state index contributed by atoms with van der Waals surface area (Å²) in [4.78, 5) is 24.6. The number of rotatable bonds is 3. The van der Waals surface area contributed by atoms with Crippen LogP contribution >= 0.6 is 11.3 Å². The Kier molecular flexibility index (Phi) is 4.13. The first-order chi connectivity index (χ1) is 10.2. The van der Waals surface area contributed by atoms with Gasteiger partial charge in [0.15, 0.2) is 5.69 Å². The molecule has 1 heterocycles. The number of alkyl halides is 3. The topological polar surface area (TPSA) is 85.1 Å². The van der Waals surface area contributed by atoms with Crippen molar-refractivity contribution in [2.45, 2.75) is 13.1 Å². The van der Waals surface area contributed by atoms with Crippen LogP contribution in [0.4, 0.5) is 24.5 Å². The predicted octanol–water partition coefficient (Wildman–Crippen LogP) is 3.63. The molecule has 2 rings (SSSR count). The number of hydrogen-bond acceptors (Lipinski definition) is 5. The third kappa shape index (κ3) is 3.22. The third-order valence-corrected chi connectivity index (χ3v) is 3.47. The number of halogens is 3. The van der Waals surface area contributed by atoms with Crippen LogP contribution in [0.3, 0.4) is 0 Å². The summed E-state index contributed by atoms with van der Waals surface area (Å²) in [6, 6.07) is 3.98. The summed E-state index contributed by atoms with van der Waals surface area (Å²) in [5.74, 6) is -1.10. The molecule has 0 saturated heterocycles. The lowest BCUT2D eigenvalue weighted by atomic mass is 10.2. The third-order valence-electron chi connectivity index (χ3n) is 2.64. The number of carbonyl (C=O) groups excluding carboxylic acids is 1. The number of nitro benzene ring substituents is 1. The van der Waals surface area contributed by atoms with Crippen molar-refractivity contribution in [1.82, 2.24) is 4.98 Å². The van der Waals surface area contributed by atoms with Crippen molar-refractivity contribution in [2.75, 3.05) is 5.32 Å². The van der Waals surface area contributed by atoms with Gasteiger partial charge in [0.25, 0.3) is 11.6 Å². The first-order valence-electron chi connectivity index (χ1n) is 5.77. The lowest BCUT2D eigenvalue weighted by Gasteiger charge is -2.08. The number of hydrogen-bond donors (Lipinski definition) is 1. The van der Waals surface area contributed by atoms with Crippen LogP contribution in [0, 0.1) is 17.0 Å². The summed E-state index contributed by atoms with van der Waals surface area (Å²) < 4.78 is 38.1. The molecule has 0 aliphatic carbocycles. The van der Waals surface area contributed by atoms with E-state index in [2.05, 4.69) is 10.3 Å². The van der Waals surface area contributed by atoms with E-state index in [1.54, 1.807) is 6.92 Å². The highest BCUT2D eigenvalue weighted by atomic mass is 32.1. The highest BCUT2D eigenvalue weighted by Gasteiger charge is 2.38. The first-order valence-corrected chi connectivity index (χ1v) is 6.65. The van der Waals surface area contributed by atoms with Crippen molar-refractivity contribution < 1.29 is 22.9 Å². The minimum Gasteiger partial charge on any atom is -0.315 e. The molecule has 1 amide bonds. The van der Waals surface area contributed by atoms with Gasteiger partial charge < -0.3 is 5.32 Å². The molecule has 6 nitrogen and oxygen atoms in total. The summed E-state index contributed by atoms with van der Waals surface area (Å²) in [6.45, 7) is 1.61. The van der Waals surface area contributed by atoms with Gasteiger partial charge in [0, 0.05) is 6.07 Å². The molecule has 0 unspecified atom stereocenters. The van der Waals surface area contributed by atoms with Gasteiger partial charge in [-0.3, -0.25) is 14.9 Å². The van der Waals surface area contributed by atoms with Crippen LogP contribution in [0.15, 0.2) is 23.7 Å². The lowest BCUT2D eigenvalue weighted by Crippen LogP contribution is -2.17. The van der Waals surface area contributed by atoms with Crippen molar-refractivity contribution >= 4 is 28.6 Å². The highest BCUT2D eigenvalue weighted by Crippen LogP contribution is 2.33. The minimum absolute atomic E-state index is 0.179. The van der Waals surface area contributed by atoms with Crippen molar-refractivity contribution in [3.63, 3.8) is 0 Å². The van der Waals surface area contributed by atoms with Crippen molar-refractivity contribution in [2.24, 2.45) is 0 Å². The SMILES string of the molecule is Cc1ccc(NC(=O)c2scnc2C(F)(F)F)c([N+](=O)[O-])c1. The Morgan fingerprint density at radius 2 is 2.09 bits per heavy atom. The molecule has 0 spiro atoms. The van der Waals surface area contributed by atoms with E-state index in [1.165, 1.54) is 18.2 Å². The van der Waals surface area contributed by atoms with Crippen LogP contribution in [0.5, 0.6) is 0 Å². The molecular formula is C12H8F3N3O3S. The van der Waals surface area contributed by atoms with E-state index in [-0.39, 0.29) is 5.69 Å². The summed E-state index contributed by atoms with van der Waals surface area (Å²) in [5.41, 5.74) is -0.418. The molecule has 116 valence electrons. The van der Waals surface area contributed by atoms with Crippen LogP contribution in [-0.2, 0) is 6.18 Å². The van der Waals surface area contributed by atoms with E-state index < -0.39 is 33.3 Å². The highest BCUT2D eigenvalue weighted by molar-refractivity contribution is 7.12. The smallest absolute Gasteiger partial charge is 0.315 e. The van der Waals surface area contributed by atoms with Gasteiger partial charge in [-0.2, -0.15) is 13.2 Å². The molecule has 1 N–H and O–H groups in total. The van der Waals surface area contributed by atoms with E-state index in [4.69, 9.17) is 0 Å². The van der Waals surface area contributed by atoms with E-state index in [1.807, 2.05) is 0 Å². The van der Waals surface area contributed by atoms with Gasteiger partial charge in [0.1, 0.15) is 10.6 Å². The lowest BCUT2D eigenvalue weighted by molar-refractivity contribution is -0.384. The maximum absolute atomic E-state index is 12.7. The second-order valence-electron chi connectivity index (χ2n) is 4.26. The second kappa shape index (κ2) is 5.72. The maximum Gasteiger partial charge on any atom is 0.434 e. The van der Waals surface area contributed by atoms with E-state index in [0.29, 0.717) is 16.9 Å². The maximum atomic E-state index is 12.7. The zero-order chi connectivity index (χ0) is 16.5. The van der Waals surface area contributed by atoms with Crippen LogP contribution in [0.2, 0.25) is 0 Å². The Balaban J connectivity index is 2.35. The number of aromatic nitrogens is 1. The molecule has 22 heavy (non-hydrogen) atoms. The van der Waals surface area contributed by atoms with Gasteiger partial charge in [-0.15, -0.1) is 11.3 Å². The fourth-order valence-electron chi connectivity index (χ4n) is 1.69. The van der Waals surface area contributed by atoms with Crippen molar-refractivity contribution in [1.29, 1.82) is 0 Å². The van der Waals surface area contributed by atoms with Gasteiger partial charge in [0.05, 0.1) is 10.4 Å². The number of aryl methyl sites for hydroxylation is 1. The number of anilines is 1. The molecule has 0 radical (unpaired) electrons. The minimum atomic E-state index is -4.77. The molecule has 1 aromatic heterocycles. The molecule has 0 bridgehead atoms.